The molecule has 25 heavy (non-hydrogen) atoms. The van der Waals surface area contributed by atoms with E-state index >= 15 is 0 Å². The summed E-state index contributed by atoms with van der Waals surface area (Å²) in [5.74, 6) is 0.485. The lowest BCUT2D eigenvalue weighted by atomic mass is 10.0. The van der Waals surface area contributed by atoms with Crippen molar-refractivity contribution < 1.29 is 8.42 Å². The Balaban J connectivity index is 1.54. The van der Waals surface area contributed by atoms with Crippen LogP contribution in [0.5, 0.6) is 0 Å². The third-order valence-corrected chi connectivity index (χ3v) is 7.00. The molecule has 134 valence electrons. The highest BCUT2D eigenvalue weighted by Gasteiger charge is 2.46. The van der Waals surface area contributed by atoms with Gasteiger partial charge in [0, 0.05) is 56.4 Å². The van der Waals surface area contributed by atoms with Crippen molar-refractivity contribution >= 4 is 9.84 Å². The summed E-state index contributed by atoms with van der Waals surface area (Å²) in [5, 5.41) is 0. The molecule has 4 heterocycles. The molecule has 2 aromatic rings. The zero-order valence-corrected chi connectivity index (χ0v) is 15.1. The maximum Gasteiger partial charge on any atom is 0.153 e. The normalized spacial score (nSPS) is 26.6. The molecule has 0 bridgehead atoms. The van der Waals surface area contributed by atoms with E-state index in [1.807, 2.05) is 25.3 Å². The maximum absolute atomic E-state index is 12.3. The molecular formula is C17H23N5O2S. The number of imidazole rings is 1. The van der Waals surface area contributed by atoms with E-state index in [-0.39, 0.29) is 23.6 Å². The fraction of sp³-hybridized carbons (Fsp3) is 0.529. The van der Waals surface area contributed by atoms with Gasteiger partial charge in [-0.2, -0.15) is 0 Å². The molecule has 7 nitrogen and oxygen atoms in total. The average molecular weight is 361 g/mol. The van der Waals surface area contributed by atoms with Crippen molar-refractivity contribution in [2.45, 2.75) is 32.1 Å². The predicted molar refractivity (Wildman–Crippen MR) is 94.6 cm³/mol. The van der Waals surface area contributed by atoms with Crippen LogP contribution in [-0.2, 0) is 22.9 Å². The topological polar surface area (TPSA) is 82.2 Å². The molecule has 8 heteroatoms. The van der Waals surface area contributed by atoms with Gasteiger partial charge in [0.25, 0.3) is 0 Å². The summed E-state index contributed by atoms with van der Waals surface area (Å²) in [6.45, 7) is 5.16. The molecule has 0 spiro atoms. The Bertz CT molecular complexity index is 836. The first kappa shape index (κ1) is 16.7. The minimum Gasteiger partial charge on any atom is -0.348 e. The van der Waals surface area contributed by atoms with E-state index < -0.39 is 9.84 Å². The van der Waals surface area contributed by atoms with Crippen molar-refractivity contribution in [2.75, 3.05) is 24.6 Å². The van der Waals surface area contributed by atoms with Crippen molar-refractivity contribution in [1.29, 1.82) is 0 Å². The lowest BCUT2D eigenvalue weighted by Gasteiger charge is -2.43. The Morgan fingerprint density at radius 1 is 1.20 bits per heavy atom. The van der Waals surface area contributed by atoms with Crippen LogP contribution >= 0.6 is 0 Å². The Labute approximate surface area is 148 Å². The summed E-state index contributed by atoms with van der Waals surface area (Å²) in [4.78, 5) is 16.2. The van der Waals surface area contributed by atoms with Gasteiger partial charge in [0.2, 0.25) is 0 Å². The van der Waals surface area contributed by atoms with Crippen LogP contribution in [0.3, 0.4) is 0 Å². The van der Waals surface area contributed by atoms with Crippen LogP contribution in [0.25, 0.3) is 0 Å². The molecule has 0 amide bonds. The lowest BCUT2D eigenvalue weighted by molar-refractivity contribution is 0.0347. The molecule has 4 rings (SSSR count). The van der Waals surface area contributed by atoms with E-state index in [0.717, 1.165) is 36.6 Å². The molecule has 2 saturated heterocycles. The molecule has 2 fully saturated rings. The fourth-order valence-electron chi connectivity index (χ4n) is 3.95. The minimum absolute atomic E-state index is 0.0338. The van der Waals surface area contributed by atoms with Crippen molar-refractivity contribution in [2.24, 2.45) is 0 Å². The molecule has 1 N–H and O–H groups in total. The van der Waals surface area contributed by atoms with Gasteiger partial charge in [-0.05, 0) is 18.6 Å². The third-order valence-electron chi connectivity index (χ3n) is 5.30. The number of hydrogen-bond acceptors (Lipinski definition) is 6. The number of H-pyrrole nitrogens is 1. The summed E-state index contributed by atoms with van der Waals surface area (Å²) >= 11 is 0. The first-order valence-corrected chi connectivity index (χ1v) is 10.4. The van der Waals surface area contributed by atoms with Crippen molar-refractivity contribution in [1.82, 2.24) is 24.8 Å². The highest BCUT2D eigenvalue weighted by molar-refractivity contribution is 7.91. The first-order chi connectivity index (χ1) is 12.0. The van der Waals surface area contributed by atoms with E-state index in [2.05, 4.69) is 24.8 Å². The lowest BCUT2D eigenvalue weighted by Crippen LogP contribution is -2.58. The molecule has 0 aliphatic carbocycles. The quantitative estimate of drug-likeness (QED) is 0.859. The molecular weight excluding hydrogens is 338 g/mol. The molecule has 2 aliphatic heterocycles. The summed E-state index contributed by atoms with van der Waals surface area (Å²) in [6.07, 6.45) is 5.32. The van der Waals surface area contributed by atoms with Crippen LogP contribution in [0.15, 0.2) is 30.9 Å². The van der Waals surface area contributed by atoms with Gasteiger partial charge in [0.15, 0.2) is 9.84 Å². The van der Waals surface area contributed by atoms with Gasteiger partial charge in [0.1, 0.15) is 0 Å². The van der Waals surface area contributed by atoms with Crippen molar-refractivity contribution in [3.8, 4) is 0 Å². The van der Waals surface area contributed by atoms with E-state index in [1.165, 1.54) is 0 Å². The zero-order valence-electron chi connectivity index (χ0n) is 14.3. The van der Waals surface area contributed by atoms with Crippen LogP contribution in [-0.4, -0.2) is 69.8 Å². The summed E-state index contributed by atoms with van der Waals surface area (Å²) in [5.41, 5.74) is 3.18. The number of pyridine rings is 1. The van der Waals surface area contributed by atoms with E-state index in [0.29, 0.717) is 6.54 Å². The molecule has 2 aliphatic rings. The van der Waals surface area contributed by atoms with Crippen LogP contribution < -0.4 is 0 Å². The van der Waals surface area contributed by atoms with Gasteiger partial charge in [-0.3, -0.25) is 14.8 Å². The Kier molecular flexibility index (Phi) is 4.35. The summed E-state index contributed by atoms with van der Waals surface area (Å²) in [6, 6.07) is 4.05. The molecule has 2 unspecified atom stereocenters. The Morgan fingerprint density at radius 3 is 2.52 bits per heavy atom. The van der Waals surface area contributed by atoms with E-state index in [9.17, 15) is 8.42 Å². The van der Waals surface area contributed by atoms with Crippen LogP contribution in [0, 0.1) is 6.92 Å². The van der Waals surface area contributed by atoms with Gasteiger partial charge in [-0.1, -0.05) is 6.07 Å². The number of hydrogen-bond donors (Lipinski definition) is 1. The largest absolute Gasteiger partial charge is 0.348 e. The van der Waals surface area contributed by atoms with Gasteiger partial charge in [-0.15, -0.1) is 0 Å². The number of aromatic amines is 1. The number of piperazine rings is 1. The molecule has 2 atom stereocenters. The Hall–Kier alpha value is -1.77. The smallest absolute Gasteiger partial charge is 0.153 e. The number of sulfone groups is 1. The second-order valence-electron chi connectivity index (χ2n) is 6.99. The summed E-state index contributed by atoms with van der Waals surface area (Å²) < 4.78 is 24.6. The number of nitrogens with zero attached hydrogens (tertiary/aromatic N) is 4. The SMILES string of the molecule is Cc1[nH]cnc1CN1CCN(Cc2cccnc2)C2CS(=O)(=O)CC21. The highest BCUT2D eigenvalue weighted by Crippen LogP contribution is 2.29. The Morgan fingerprint density at radius 2 is 1.92 bits per heavy atom. The number of fused-ring (bicyclic) bond motifs is 1. The van der Waals surface area contributed by atoms with Gasteiger partial charge >= 0.3 is 0 Å². The third kappa shape index (κ3) is 3.47. The standard InChI is InChI=1S/C17H23N5O2S/c1-13-15(20-12-19-13)9-22-6-5-21(8-14-3-2-4-18-7-14)16-10-25(23,24)11-17(16)22/h2-4,7,12,16-17H,5-6,8-11H2,1H3,(H,19,20). The second kappa shape index (κ2) is 6.51. The van der Waals surface area contributed by atoms with Crippen LogP contribution in [0.1, 0.15) is 17.0 Å². The minimum atomic E-state index is -3.00. The molecule has 2 aromatic heterocycles. The molecule has 0 radical (unpaired) electrons. The number of nitrogens with one attached hydrogen (secondary N) is 1. The monoisotopic (exact) mass is 361 g/mol. The van der Waals surface area contributed by atoms with Crippen LogP contribution in [0.2, 0.25) is 0 Å². The maximum atomic E-state index is 12.3. The van der Waals surface area contributed by atoms with Crippen LogP contribution in [0.4, 0.5) is 0 Å². The number of aryl methyl sites for hydroxylation is 1. The number of rotatable bonds is 4. The highest BCUT2D eigenvalue weighted by atomic mass is 32.2. The van der Waals surface area contributed by atoms with E-state index in [1.54, 1.807) is 12.5 Å². The predicted octanol–water partition coefficient (Wildman–Crippen LogP) is 0.597. The van der Waals surface area contributed by atoms with Gasteiger partial charge in [0.05, 0.1) is 23.5 Å². The van der Waals surface area contributed by atoms with Gasteiger partial charge in [-0.25, -0.2) is 13.4 Å². The van der Waals surface area contributed by atoms with Gasteiger partial charge < -0.3 is 4.98 Å². The van der Waals surface area contributed by atoms with Crippen molar-refractivity contribution in [3.05, 3.63) is 47.8 Å². The second-order valence-corrected chi connectivity index (χ2v) is 9.14. The molecule has 0 aromatic carbocycles. The first-order valence-electron chi connectivity index (χ1n) is 8.58. The van der Waals surface area contributed by atoms with Crippen molar-refractivity contribution in [3.63, 3.8) is 0 Å². The fourth-order valence-corrected chi connectivity index (χ4v) is 6.00. The van der Waals surface area contributed by atoms with E-state index in [4.69, 9.17) is 0 Å². The average Bonchev–Trinajstić information content (AvgIpc) is 3.13. The zero-order chi connectivity index (χ0) is 17.4. The number of aromatic nitrogens is 3. The molecule has 0 saturated carbocycles. The summed E-state index contributed by atoms with van der Waals surface area (Å²) in [7, 11) is -3.00.